The van der Waals surface area contributed by atoms with E-state index in [4.69, 9.17) is 21.9 Å². The second-order valence-electron chi connectivity index (χ2n) is 3.75. The van der Waals surface area contributed by atoms with E-state index in [9.17, 15) is 0 Å². The van der Waals surface area contributed by atoms with Gasteiger partial charge in [-0.25, -0.2) is 4.98 Å². The lowest BCUT2D eigenvalue weighted by atomic mass is 10.3. The van der Waals surface area contributed by atoms with E-state index in [2.05, 4.69) is 25.4 Å². The van der Waals surface area contributed by atoms with Crippen LogP contribution in [0.4, 0.5) is 11.5 Å². The van der Waals surface area contributed by atoms with Crippen LogP contribution >= 0.6 is 11.6 Å². The van der Waals surface area contributed by atoms with Crippen molar-refractivity contribution in [3.63, 3.8) is 0 Å². The van der Waals surface area contributed by atoms with Gasteiger partial charge in [0.05, 0.1) is 11.4 Å². The molecule has 0 spiro atoms. The molecule has 8 heteroatoms. The summed E-state index contributed by atoms with van der Waals surface area (Å²) in [5, 5.41) is 7.02. The highest BCUT2D eigenvalue weighted by atomic mass is 35.5. The van der Waals surface area contributed by atoms with Crippen LogP contribution in [0.3, 0.4) is 0 Å². The maximum atomic E-state index is 5.84. The maximum absolute atomic E-state index is 5.84. The van der Waals surface area contributed by atoms with Gasteiger partial charge in [-0.1, -0.05) is 5.16 Å². The monoisotopic (exact) mass is 268 g/mol. The zero-order chi connectivity index (χ0) is 13.1. The molecule has 2 rings (SSSR count). The summed E-state index contributed by atoms with van der Waals surface area (Å²) in [6.07, 6.45) is 0.609. The minimum Gasteiger partial charge on any atom is -0.394 e. The molecule has 0 saturated heterocycles. The number of nitrogens with two attached hydrogens (primary N) is 1. The summed E-state index contributed by atoms with van der Waals surface area (Å²) in [7, 11) is 0. The highest BCUT2D eigenvalue weighted by Gasteiger charge is 2.08. The van der Waals surface area contributed by atoms with Crippen molar-refractivity contribution >= 4 is 23.1 Å². The van der Waals surface area contributed by atoms with Crippen molar-refractivity contribution in [2.45, 2.75) is 20.3 Å². The fraction of sp³-hybridized carbons (Fsp3) is 0.400. The molecular weight excluding hydrogens is 256 g/mol. The Balaban J connectivity index is 1.98. The topological polar surface area (TPSA) is 103 Å². The SMILES string of the molecule is Cc1nc(CCNc2nc(Cl)nc(C)c2N)no1. The maximum Gasteiger partial charge on any atom is 0.224 e. The van der Waals surface area contributed by atoms with Gasteiger partial charge in [0.25, 0.3) is 0 Å². The summed E-state index contributed by atoms with van der Waals surface area (Å²) in [5.74, 6) is 1.70. The summed E-state index contributed by atoms with van der Waals surface area (Å²) >= 11 is 5.76. The molecule has 3 N–H and O–H groups in total. The van der Waals surface area contributed by atoms with Crippen molar-refractivity contribution in [3.8, 4) is 0 Å². The van der Waals surface area contributed by atoms with Gasteiger partial charge in [-0.3, -0.25) is 0 Å². The number of nitrogen functional groups attached to an aromatic ring is 1. The first-order chi connectivity index (χ1) is 8.56. The molecule has 0 bridgehead atoms. The minimum absolute atomic E-state index is 0.166. The van der Waals surface area contributed by atoms with Crippen LogP contribution in [0.15, 0.2) is 4.52 Å². The summed E-state index contributed by atoms with van der Waals surface area (Å²) in [5.41, 5.74) is 6.97. The molecule has 0 aliphatic rings. The van der Waals surface area contributed by atoms with Gasteiger partial charge in [0.1, 0.15) is 0 Å². The lowest BCUT2D eigenvalue weighted by Gasteiger charge is -2.08. The summed E-state index contributed by atoms with van der Waals surface area (Å²) in [6.45, 7) is 4.10. The van der Waals surface area contributed by atoms with Crippen molar-refractivity contribution in [2.75, 3.05) is 17.6 Å². The van der Waals surface area contributed by atoms with Crippen LogP contribution in [0.2, 0.25) is 5.28 Å². The highest BCUT2D eigenvalue weighted by molar-refractivity contribution is 6.28. The second-order valence-corrected chi connectivity index (χ2v) is 4.08. The molecule has 0 aliphatic heterocycles. The average molecular weight is 269 g/mol. The predicted molar refractivity (Wildman–Crippen MR) is 67.4 cm³/mol. The molecule has 96 valence electrons. The largest absolute Gasteiger partial charge is 0.394 e. The van der Waals surface area contributed by atoms with E-state index in [0.717, 1.165) is 0 Å². The van der Waals surface area contributed by atoms with Crippen molar-refractivity contribution in [2.24, 2.45) is 0 Å². The van der Waals surface area contributed by atoms with Crippen molar-refractivity contribution < 1.29 is 4.52 Å². The van der Waals surface area contributed by atoms with Gasteiger partial charge in [0.2, 0.25) is 11.2 Å². The Morgan fingerprint density at radius 1 is 1.28 bits per heavy atom. The minimum atomic E-state index is 0.166. The molecule has 0 aromatic carbocycles. The number of aromatic nitrogens is 4. The number of nitrogens with one attached hydrogen (secondary N) is 1. The van der Waals surface area contributed by atoms with E-state index < -0.39 is 0 Å². The Morgan fingerprint density at radius 2 is 2.06 bits per heavy atom. The van der Waals surface area contributed by atoms with E-state index in [1.165, 1.54) is 0 Å². The zero-order valence-corrected chi connectivity index (χ0v) is 10.8. The van der Waals surface area contributed by atoms with E-state index in [1.807, 2.05) is 0 Å². The summed E-state index contributed by atoms with van der Waals surface area (Å²) in [6, 6.07) is 0. The number of hydrogen-bond donors (Lipinski definition) is 2. The third-order valence-electron chi connectivity index (χ3n) is 2.32. The fourth-order valence-corrected chi connectivity index (χ4v) is 1.63. The third-order valence-corrected chi connectivity index (χ3v) is 2.49. The number of hydrogen-bond acceptors (Lipinski definition) is 7. The van der Waals surface area contributed by atoms with Gasteiger partial charge in [-0.05, 0) is 18.5 Å². The Labute approximate surface area is 109 Å². The molecule has 0 aliphatic carbocycles. The molecule has 7 nitrogen and oxygen atoms in total. The molecule has 2 aromatic rings. The van der Waals surface area contributed by atoms with E-state index in [1.54, 1.807) is 13.8 Å². The van der Waals surface area contributed by atoms with Crippen molar-refractivity contribution in [3.05, 3.63) is 22.7 Å². The fourth-order valence-electron chi connectivity index (χ4n) is 1.42. The zero-order valence-electron chi connectivity index (χ0n) is 10.1. The Kier molecular flexibility index (Phi) is 3.61. The highest BCUT2D eigenvalue weighted by Crippen LogP contribution is 2.20. The van der Waals surface area contributed by atoms with Crippen LogP contribution < -0.4 is 11.1 Å². The van der Waals surface area contributed by atoms with E-state index in [-0.39, 0.29) is 5.28 Å². The summed E-state index contributed by atoms with van der Waals surface area (Å²) in [4.78, 5) is 12.1. The van der Waals surface area contributed by atoms with Crippen LogP contribution in [0.25, 0.3) is 0 Å². The average Bonchev–Trinajstić information content (AvgIpc) is 2.71. The van der Waals surface area contributed by atoms with Crippen LogP contribution in [0.5, 0.6) is 0 Å². The van der Waals surface area contributed by atoms with Gasteiger partial charge >= 0.3 is 0 Å². The molecule has 0 radical (unpaired) electrons. The molecule has 2 heterocycles. The lowest BCUT2D eigenvalue weighted by molar-refractivity contribution is 0.387. The first-order valence-electron chi connectivity index (χ1n) is 5.39. The third kappa shape index (κ3) is 2.86. The van der Waals surface area contributed by atoms with Crippen LogP contribution in [0.1, 0.15) is 17.4 Å². The standard InChI is InChI=1S/C10H13ClN6O/c1-5-8(12)9(16-10(11)14-5)13-4-3-7-15-6(2)18-17-7/h3-4,12H2,1-2H3,(H,13,14,16). The number of halogens is 1. The molecule has 18 heavy (non-hydrogen) atoms. The normalized spacial score (nSPS) is 10.6. The predicted octanol–water partition coefficient (Wildman–Crippen LogP) is 1.37. The number of rotatable bonds is 4. The Hall–Kier alpha value is -1.89. The molecular formula is C10H13ClN6O. The van der Waals surface area contributed by atoms with E-state index in [0.29, 0.717) is 41.9 Å². The van der Waals surface area contributed by atoms with Gasteiger partial charge in [0, 0.05) is 19.9 Å². The summed E-state index contributed by atoms with van der Waals surface area (Å²) < 4.78 is 4.87. The first-order valence-corrected chi connectivity index (χ1v) is 5.76. The molecule has 0 unspecified atom stereocenters. The molecule has 2 aromatic heterocycles. The molecule has 0 saturated carbocycles. The lowest BCUT2D eigenvalue weighted by Crippen LogP contribution is -2.11. The Morgan fingerprint density at radius 3 is 2.72 bits per heavy atom. The van der Waals surface area contributed by atoms with Crippen LogP contribution in [-0.4, -0.2) is 26.7 Å². The molecule has 0 atom stereocenters. The van der Waals surface area contributed by atoms with Gasteiger partial charge in [-0.15, -0.1) is 0 Å². The molecule has 0 amide bonds. The van der Waals surface area contributed by atoms with Crippen LogP contribution in [-0.2, 0) is 6.42 Å². The van der Waals surface area contributed by atoms with Crippen molar-refractivity contribution in [1.29, 1.82) is 0 Å². The van der Waals surface area contributed by atoms with Gasteiger partial charge in [-0.2, -0.15) is 9.97 Å². The quantitative estimate of drug-likeness (QED) is 0.807. The smallest absolute Gasteiger partial charge is 0.224 e. The molecule has 0 fully saturated rings. The number of aryl methyl sites for hydroxylation is 2. The van der Waals surface area contributed by atoms with Gasteiger partial charge < -0.3 is 15.6 Å². The van der Waals surface area contributed by atoms with Gasteiger partial charge in [0.15, 0.2) is 11.6 Å². The Bertz CT molecular complexity index is 555. The van der Waals surface area contributed by atoms with Crippen molar-refractivity contribution in [1.82, 2.24) is 20.1 Å². The van der Waals surface area contributed by atoms with E-state index >= 15 is 0 Å². The van der Waals surface area contributed by atoms with Crippen LogP contribution in [0, 0.1) is 13.8 Å². The first kappa shape index (κ1) is 12.6. The number of anilines is 2. The number of nitrogens with zero attached hydrogens (tertiary/aromatic N) is 4. The second kappa shape index (κ2) is 5.18.